The number of hydrogen-bond acceptors (Lipinski definition) is 6. The van der Waals surface area contributed by atoms with Gasteiger partial charge < -0.3 is 14.3 Å². The Kier molecular flexibility index (Phi) is 4.84. The molecule has 1 atom stereocenters. The first-order chi connectivity index (χ1) is 14.7. The van der Waals surface area contributed by atoms with Crippen LogP contribution in [0.5, 0.6) is 0 Å². The number of nitrogens with zero attached hydrogens (tertiary/aromatic N) is 4. The summed E-state index contributed by atoms with van der Waals surface area (Å²) in [6.07, 6.45) is 0.323. The maximum absolute atomic E-state index is 13.0. The molecule has 1 unspecified atom stereocenters. The Morgan fingerprint density at radius 1 is 1.19 bits per heavy atom. The van der Waals surface area contributed by atoms with Gasteiger partial charge in [-0.3, -0.25) is 19.0 Å². The number of benzene rings is 1. The third-order valence-corrected chi connectivity index (χ3v) is 5.31. The summed E-state index contributed by atoms with van der Waals surface area (Å²) in [4.78, 5) is 57.9. The highest BCUT2D eigenvalue weighted by atomic mass is 16.5. The minimum atomic E-state index is -1.09. The number of ketones is 1. The normalized spacial score (nSPS) is 12.4. The second-order valence-corrected chi connectivity index (χ2v) is 7.43. The molecule has 0 saturated heterocycles. The molecule has 0 radical (unpaired) electrons. The van der Waals surface area contributed by atoms with Crippen LogP contribution in [0.25, 0.3) is 22.1 Å². The van der Waals surface area contributed by atoms with E-state index in [2.05, 4.69) is 9.97 Å². The number of carbonyl (C=O) groups is 2. The van der Waals surface area contributed by atoms with Crippen LogP contribution in [0, 0.1) is 6.92 Å². The molecule has 31 heavy (non-hydrogen) atoms. The quantitative estimate of drug-likeness (QED) is 0.378. The molecule has 1 aromatic carbocycles. The number of aryl methyl sites for hydroxylation is 3. The third kappa shape index (κ3) is 3.25. The highest BCUT2D eigenvalue weighted by Gasteiger charge is 2.25. The molecular weight excluding hydrogens is 402 g/mol. The predicted molar refractivity (Wildman–Crippen MR) is 113 cm³/mol. The third-order valence-electron chi connectivity index (χ3n) is 5.31. The van der Waals surface area contributed by atoms with Crippen LogP contribution in [0.2, 0.25) is 0 Å². The number of Topliss-reactive ketones (excluding diaryl/α,β-unsaturated/α-hetero) is 1. The average molecular weight is 423 g/mol. The molecule has 0 fully saturated rings. The zero-order valence-corrected chi connectivity index (χ0v) is 17.5. The molecular formula is C21H21N5O5. The lowest BCUT2D eigenvalue weighted by Crippen LogP contribution is -2.42. The van der Waals surface area contributed by atoms with Crippen molar-refractivity contribution in [1.82, 2.24) is 23.7 Å². The van der Waals surface area contributed by atoms with Gasteiger partial charge in [0.05, 0.1) is 6.33 Å². The summed E-state index contributed by atoms with van der Waals surface area (Å²) < 4.78 is 8.73. The molecule has 10 heteroatoms. The van der Waals surface area contributed by atoms with Crippen LogP contribution in [0.3, 0.4) is 0 Å². The van der Waals surface area contributed by atoms with Crippen LogP contribution in [-0.4, -0.2) is 41.5 Å². The van der Waals surface area contributed by atoms with Gasteiger partial charge >= 0.3 is 11.7 Å². The van der Waals surface area contributed by atoms with Crippen molar-refractivity contribution in [3.8, 4) is 0 Å². The monoisotopic (exact) mass is 423 g/mol. The van der Waals surface area contributed by atoms with E-state index in [0.29, 0.717) is 11.3 Å². The molecule has 3 aromatic heterocycles. The van der Waals surface area contributed by atoms with E-state index in [1.165, 1.54) is 29.4 Å². The second kappa shape index (κ2) is 7.38. The van der Waals surface area contributed by atoms with Gasteiger partial charge in [-0.2, -0.15) is 0 Å². The lowest BCUT2D eigenvalue weighted by Gasteiger charge is -2.14. The number of fused-ring (bicyclic) bond motifs is 2. The van der Waals surface area contributed by atoms with E-state index in [9.17, 15) is 19.2 Å². The minimum absolute atomic E-state index is 0.188. The molecule has 0 saturated carbocycles. The highest BCUT2D eigenvalue weighted by Crippen LogP contribution is 2.23. The maximum atomic E-state index is 13.0. The van der Waals surface area contributed by atoms with Crippen LogP contribution in [0.15, 0.2) is 40.2 Å². The van der Waals surface area contributed by atoms with Gasteiger partial charge in [-0.15, -0.1) is 0 Å². The maximum Gasteiger partial charge on any atom is 0.333 e. The number of nitrogens with one attached hydrogen (secondary N) is 1. The standard InChI is InChI=1S/C21H21N5O5/c1-11-16(13-7-5-6-8-14(13)23-11)18(28)12(2)31-15(27)9-26-20(29)17-19(22-10-24(17)3)25(4)21(26)30/h5-8,10,12,23H,9H2,1-4H3. The Hall–Kier alpha value is -3.95. The van der Waals surface area contributed by atoms with Gasteiger partial charge in [0.25, 0.3) is 5.56 Å². The van der Waals surface area contributed by atoms with Crippen LogP contribution >= 0.6 is 0 Å². The molecule has 0 aliphatic heterocycles. The number of imidazole rings is 1. The van der Waals surface area contributed by atoms with Crippen LogP contribution in [0.1, 0.15) is 23.0 Å². The summed E-state index contributed by atoms with van der Waals surface area (Å²) in [5.74, 6) is -1.23. The van der Waals surface area contributed by atoms with Crippen LogP contribution in [0.4, 0.5) is 0 Å². The largest absolute Gasteiger partial charge is 0.453 e. The molecule has 0 aliphatic rings. The van der Waals surface area contributed by atoms with Crippen molar-refractivity contribution in [3.63, 3.8) is 0 Å². The van der Waals surface area contributed by atoms with Gasteiger partial charge in [0.15, 0.2) is 17.3 Å². The van der Waals surface area contributed by atoms with E-state index < -0.39 is 29.9 Å². The Balaban J connectivity index is 1.60. The first-order valence-electron chi connectivity index (χ1n) is 9.62. The Bertz CT molecular complexity index is 1470. The molecule has 0 amide bonds. The van der Waals surface area contributed by atoms with Crippen molar-refractivity contribution in [2.24, 2.45) is 14.1 Å². The molecule has 3 heterocycles. The van der Waals surface area contributed by atoms with Gasteiger partial charge in [0.1, 0.15) is 6.54 Å². The predicted octanol–water partition coefficient (Wildman–Crippen LogP) is 1.04. The number of H-pyrrole nitrogens is 1. The van der Waals surface area contributed by atoms with Gasteiger partial charge in [0.2, 0.25) is 5.78 Å². The van der Waals surface area contributed by atoms with Gasteiger partial charge in [-0.25, -0.2) is 14.3 Å². The molecule has 160 valence electrons. The fraction of sp³-hybridized carbons (Fsp3) is 0.286. The number of esters is 1. The zero-order chi connectivity index (χ0) is 22.4. The Labute approximate surface area is 175 Å². The summed E-state index contributed by atoms with van der Waals surface area (Å²) in [6.45, 7) is 2.62. The first kappa shape index (κ1) is 20.3. The lowest BCUT2D eigenvalue weighted by atomic mass is 10.0. The van der Waals surface area contributed by atoms with Crippen LogP contribution in [-0.2, 0) is 30.2 Å². The molecule has 0 spiro atoms. The number of rotatable bonds is 5. The number of carbonyl (C=O) groups excluding carboxylic acids is 2. The molecule has 0 aliphatic carbocycles. The summed E-state index contributed by atoms with van der Waals surface area (Å²) >= 11 is 0. The molecule has 0 bridgehead atoms. The first-order valence-corrected chi connectivity index (χ1v) is 9.62. The Morgan fingerprint density at radius 2 is 1.90 bits per heavy atom. The van der Waals surface area contributed by atoms with E-state index in [0.717, 1.165) is 15.5 Å². The Morgan fingerprint density at radius 3 is 2.65 bits per heavy atom. The highest BCUT2D eigenvalue weighted by molar-refractivity contribution is 6.11. The summed E-state index contributed by atoms with van der Waals surface area (Å²) in [7, 11) is 3.08. The van der Waals surface area contributed by atoms with Crippen LogP contribution < -0.4 is 11.2 Å². The zero-order valence-electron chi connectivity index (χ0n) is 17.5. The van der Waals surface area contributed by atoms with Crippen molar-refractivity contribution in [3.05, 3.63) is 62.7 Å². The van der Waals surface area contributed by atoms with E-state index >= 15 is 0 Å². The van der Waals surface area contributed by atoms with Crippen molar-refractivity contribution >= 4 is 33.8 Å². The van der Waals surface area contributed by atoms with Gasteiger partial charge in [-0.1, -0.05) is 18.2 Å². The smallest absolute Gasteiger partial charge is 0.333 e. The van der Waals surface area contributed by atoms with Crippen molar-refractivity contribution in [2.45, 2.75) is 26.5 Å². The molecule has 10 nitrogen and oxygen atoms in total. The fourth-order valence-corrected chi connectivity index (χ4v) is 3.75. The summed E-state index contributed by atoms with van der Waals surface area (Å²) in [5, 5.41) is 0.736. The number of aromatic amines is 1. The minimum Gasteiger partial charge on any atom is -0.453 e. The number of para-hydroxylation sites is 1. The van der Waals surface area contributed by atoms with E-state index in [1.54, 1.807) is 14.0 Å². The molecule has 4 aromatic rings. The second-order valence-electron chi connectivity index (χ2n) is 7.43. The van der Waals surface area contributed by atoms with Gasteiger partial charge in [0, 0.05) is 36.3 Å². The SMILES string of the molecule is Cc1[nH]c2ccccc2c1C(=O)C(C)OC(=O)Cn1c(=O)c2c(ncn2C)n(C)c1=O. The van der Waals surface area contributed by atoms with Gasteiger partial charge in [-0.05, 0) is 19.9 Å². The van der Waals surface area contributed by atoms with E-state index in [4.69, 9.17) is 4.74 Å². The molecule has 4 rings (SSSR count). The number of aromatic nitrogens is 5. The van der Waals surface area contributed by atoms with E-state index in [-0.39, 0.29) is 16.9 Å². The van der Waals surface area contributed by atoms with E-state index in [1.807, 2.05) is 24.3 Å². The molecule has 1 N–H and O–H groups in total. The van der Waals surface area contributed by atoms with Crippen molar-refractivity contribution in [2.75, 3.05) is 0 Å². The summed E-state index contributed by atoms with van der Waals surface area (Å²) in [6, 6.07) is 7.34. The van der Waals surface area contributed by atoms with Crippen molar-refractivity contribution < 1.29 is 14.3 Å². The summed E-state index contributed by atoms with van der Waals surface area (Å²) in [5.41, 5.74) is 0.984. The lowest BCUT2D eigenvalue weighted by molar-refractivity contribution is -0.147. The van der Waals surface area contributed by atoms with Crippen molar-refractivity contribution in [1.29, 1.82) is 0 Å². The average Bonchev–Trinajstić information content (AvgIpc) is 3.28. The topological polar surface area (TPSA) is 121 Å². The number of hydrogen-bond donors (Lipinski definition) is 1. The number of ether oxygens (including phenoxy) is 1. The fourth-order valence-electron chi connectivity index (χ4n) is 3.75.